The molecule has 1 aliphatic rings. The van der Waals surface area contributed by atoms with Crippen molar-refractivity contribution in [2.24, 2.45) is 17.1 Å². The Kier molecular flexibility index (Phi) is 24.2. The Labute approximate surface area is 266 Å². The van der Waals surface area contributed by atoms with Crippen LogP contribution in [0.15, 0.2) is 22.3 Å². The van der Waals surface area contributed by atoms with Gasteiger partial charge in [0.1, 0.15) is 0 Å². The molecule has 0 aromatic carbocycles. The van der Waals surface area contributed by atoms with E-state index >= 15 is 0 Å². The molecule has 1 aliphatic carbocycles. The summed E-state index contributed by atoms with van der Waals surface area (Å²) in [5.41, 5.74) is 14.1. The minimum absolute atomic E-state index is 0.111. The predicted molar refractivity (Wildman–Crippen MR) is 192 cm³/mol. The lowest BCUT2D eigenvalue weighted by molar-refractivity contribution is 0.391. The first-order valence-corrected chi connectivity index (χ1v) is 19.6. The van der Waals surface area contributed by atoms with Crippen LogP contribution >= 0.6 is 0 Å². The van der Waals surface area contributed by atoms with E-state index < -0.39 is 0 Å². The maximum absolute atomic E-state index is 6.60. The van der Waals surface area contributed by atoms with E-state index in [0.29, 0.717) is 5.92 Å². The molecular weight excluding hydrogens is 506 g/mol. The van der Waals surface area contributed by atoms with Gasteiger partial charge in [-0.25, -0.2) is 0 Å². The summed E-state index contributed by atoms with van der Waals surface area (Å²) in [6.07, 6.45) is 38.9. The molecular formula is C41H79N. The second-order valence-electron chi connectivity index (χ2n) is 14.6. The van der Waals surface area contributed by atoms with Gasteiger partial charge in [-0.2, -0.15) is 0 Å². The van der Waals surface area contributed by atoms with Gasteiger partial charge in [-0.15, -0.1) is 0 Å². The summed E-state index contributed by atoms with van der Waals surface area (Å²) in [6.45, 7) is 15.1. The number of unbranched alkanes of at least 4 members (excludes halogenated alkanes) is 20. The molecule has 248 valence electrons. The maximum atomic E-state index is 6.60. The molecule has 0 aromatic heterocycles. The highest BCUT2D eigenvalue weighted by molar-refractivity contribution is 5.52. The minimum atomic E-state index is 0.111. The fourth-order valence-corrected chi connectivity index (χ4v) is 7.57. The number of hydrogen-bond acceptors (Lipinski definition) is 1. The monoisotopic (exact) mass is 586 g/mol. The average Bonchev–Trinajstić information content (AvgIpc) is 3.28. The van der Waals surface area contributed by atoms with E-state index in [9.17, 15) is 0 Å². The van der Waals surface area contributed by atoms with E-state index in [2.05, 4.69) is 41.5 Å². The Bertz CT molecular complexity index is 696. The van der Waals surface area contributed by atoms with Crippen molar-refractivity contribution in [3.05, 3.63) is 22.3 Å². The van der Waals surface area contributed by atoms with Crippen molar-refractivity contribution in [3.8, 4) is 0 Å². The molecule has 42 heavy (non-hydrogen) atoms. The Hall–Kier alpha value is -0.560. The lowest BCUT2D eigenvalue weighted by Gasteiger charge is -2.33. The first-order valence-electron chi connectivity index (χ1n) is 19.6. The normalized spacial score (nSPS) is 15.9. The molecule has 0 heterocycles. The Balaban J connectivity index is 3.24. The average molecular weight is 586 g/mol. The van der Waals surface area contributed by atoms with Crippen LogP contribution in [0.3, 0.4) is 0 Å². The van der Waals surface area contributed by atoms with Gasteiger partial charge in [-0.05, 0) is 61.5 Å². The largest absolute Gasteiger partial charge is 0.330 e. The molecule has 1 unspecified atom stereocenters. The van der Waals surface area contributed by atoms with Crippen molar-refractivity contribution in [1.29, 1.82) is 0 Å². The molecule has 1 nitrogen and oxygen atoms in total. The Morgan fingerprint density at radius 3 is 1.24 bits per heavy atom. The van der Waals surface area contributed by atoms with Crippen molar-refractivity contribution in [1.82, 2.24) is 0 Å². The van der Waals surface area contributed by atoms with E-state index in [1.54, 1.807) is 5.57 Å². The lowest BCUT2D eigenvalue weighted by atomic mass is 9.73. The third-order valence-electron chi connectivity index (χ3n) is 10.3. The van der Waals surface area contributed by atoms with Crippen LogP contribution in [0.5, 0.6) is 0 Å². The molecule has 0 radical (unpaired) electrons. The molecule has 0 saturated carbocycles. The zero-order valence-electron chi connectivity index (χ0n) is 30.2. The van der Waals surface area contributed by atoms with E-state index in [1.165, 1.54) is 180 Å². The third kappa shape index (κ3) is 16.0. The molecule has 0 spiro atoms. The van der Waals surface area contributed by atoms with Crippen molar-refractivity contribution >= 4 is 0 Å². The van der Waals surface area contributed by atoms with Crippen LogP contribution in [0, 0.1) is 11.3 Å². The van der Waals surface area contributed by atoms with Crippen LogP contribution in [-0.2, 0) is 0 Å². The highest BCUT2D eigenvalue weighted by atomic mass is 14.6. The summed E-state index contributed by atoms with van der Waals surface area (Å²) in [5, 5.41) is 0. The number of hydrogen-bond donors (Lipinski definition) is 1. The second kappa shape index (κ2) is 25.7. The molecule has 0 amide bonds. The summed E-state index contributed by atoms with van der Waals surface area (Å²) in [4.78, 5) is 0. The lowest BCUT2D eigenvalue weighted by Crippen LogP contribution is -2.30. The summed E-state index contributed by atoms with van der Waals surface area (Å²) >= 11 is 0. The van der Waals surface area contributed by atoms with Gasteiger partial charge in [0.05, 0.1) is 0 Å². The first kappa shape index (κ1) is 39.5. The molecule has 0 aromatic rings. The molecule has 1 atom stereocenters. The van der Waals surface area contributed by atoms with Gasteiger partial charge in [0.25, 0.3) is 0 Å². The maximum Gasteiger partial charge on any atom is 0.00246 e. The van der Waals surface area contributed by atoms with Crippen molar-refractivity contribution < 1.29 is 0 Å². The highest BCUT2D eigenvalue weighted by Gasteiger charge is 2.39. The third-order valence-corrected chi connectivity index (χ3v) is 10.3. The number of nitrogens with two attached hydrogens (primary N) is 1. The first-order chi connectivity index (χ1) is 20.5. The standard InChI is InChI=1S/C41H79N/c1-7-11-15-19-23-27-31-36-37(32-28-24-20-16-12-8-2)39(34-30-26-22-18-14-10-4)40(41(5,6)35-42)38(36)33-29-25-21-17-13-9-3/h38H,7-35,42H2,1-6H3. The van der Waals surface area contributed by atoms with Gasteiger partial charge in [-0.3, -0.25) is 0 Å². The summed E-state index contributed by atoms with van der Waals surface area (Å²) < 4.78 is 0. The SMILES string of the molecule is CCCCCCCCC1=C(CCCCCCCC)C(CCCCCCCC)C(C(C)(C)CN)=C1CCCCCCCC. The second-order valence-corrected chi connectivity index (χ2v) is 14.6. The molecule has 0 saturated heterocycles. The van der Waals surface area contributed by atoms with Gasteiger partial charge < -0.3 is 5.73 Å². The summed E-state index contributed by atoms with van der Waals surface area (Å²) in [7, 11) is 0. The molecule has 0 bridgehead atoms. The predicted octanol–water partition coefficient (Wildman–Crippen LogP) is 14.2. The van der Waals surface area contributed by atoms with Gasteiger partial charge in [0.15, 0.2) is 0 Å². The fraction of sp³-hybridized carbons (Fsp3) is 0.902. The zero-order valence-corrected chi connectivity index (χ0v) is 30.2. The van der Waals surface area contributed by atoms with E-state index in [1.807, 2.05) is 16.7 Å². The van der Waals surface area contributed by atoms with Crippen molar-refractivity contribution in [3.63, 3.8) is 0 Å². The van der Waals surface area contributed by atoms with Crippen LogP contribution in [0.2, 0.25) is 0 Å². The summed E-state index contributed by atoms with van der Waals surface area (Å²) in [5.74, 6) is 0.676. The number of rotatable bonds is 30. The van der Waals surface area contributed by atoms with Gasteiger partial charge in [-0.1, -0.05) is 188 Å². The van der Waals surface area contributed by atoms with Gasteiger partial charge in [0.2, 0.25) is 0 Å². The fourth-order valence-electron chi connectivity index (χ4n) is 7.57. The Morgan fingerprint density at radius 1 is 0.452 bits per heavy atom. The van der Waals surface area contributed by atoms with Crippen LogP contribution in [0.4, 0.5) is 0 Å². The molecule has 0 fully saturated rings. The zero-order chi connectivity index (χ0) is 30.9. The van der Waals surface area contributed by atoms with Crippen molar-refractivity contribution in [2.75, 3.05) is 6.54 Å². The van der Waals surface area contributed by atoms with Crippen LogP contribution in [0.25, 0.3) is 0 Å². The number of allylic oxidation sites excluding steroid dienone is 3. The quantitative estimate of drug-likeness (QED) is 0.0833. The van der Waals surface area contributed by atoms with E-state index in [0.717, 1.165) is 6.54 Å². The minimum Gasteiger partial charge on any atom is -0.330 e. The molecule has 1 heteroatoms. The van der Waals surface area contributed by atoms with Crippen LogP contribution in [-0.4, -0.2) is 6.54 Å². The van der Waals surface area contributed by atoms with Gasteiger partial charge in [0, 0.05) is 12.5 Å². The van der Waals surface area contributed by atoms with Crippen LogP contribution in [0.1, 0.15) is 221 Å². The summed E-state index contributed by atoms with van der Waals surface area (Å²) in [6, 6.07) is 0. The topological polar surface area (TPSA) is 26.0 Å². The molecule has 1 rings (SSSR count). The molecule has 2 N–H and O–H groups in total. The smallest absolute Gasteiger partial charge is 0.00246 e. The molecule has 0 aliphatic heterocycles. The Morgan fingerprint density at radius 2 is 0.810 bits per heavy atom. The van der Waals surface area contributed by atoms with E-state index in [-0.39, 0.29) is 5.41 Å². The van der Waals surface area contributed by atoms with Crippen LogP contribution < -0.4 is 5.73 Å². The van der Waals surface area contributed by atoms with E-state index in [4.69, 9.17) is 5.73 Å². The van der Waals surface area contributed by atoms with Crippen molar-refractivity contribution in [2.45, 2.75) is 221 Å². The highest BCUT2D eigenvalue weighted by Crippen LogP contribution is 2.52. The van der Waals surface area contributed by atoms with Gasteiger partial charge >= 0.3 is 0 Å².